The summed E-state index contributed by atoms with van der Waals surface area (Å²) in [6.45, 7) is 3.67. The third kappa shape index (κ3) is 4.48. The van der Waals surface area contributed by atoms with E-state index in [4.69, 9.17) is 14.2 Å². The number of amides is 1. The largest absolute Gasteiger partial charge is 0.481 e. The van der Waals surface area contributed by atoms with E-state index in [-0.39, 0.29) is 18.1 Å². The van der Waals surface area contributed by atoms with Crippen LogP contribution in [0.5, 0.6) is 5.88 Å². The topological polar surface area (TPSA) is 72.9 Å². The zero-order valence-corrected chi connectivity index (χ0v) is 14.9. The first kappa shape index (κ1) is 18.1. The van der Waals surface area contributed by atoms with Crippen molar-refractivity contribution in [2.24, 2.45) is 5.92 Å². The Morgan fingerprint density at radius 1 is 1.48 bits per heavy atom. The highest BCUT2D eigenvalue weighted by Gasteiger charge is 2.41. The van der Waals surface area contributed by atoms with Gasteiger partial charge in [0.05, 0.1) is 19.8 Å². The molecule has 0 radical (unpaired) electrons. The van der Waals surface area contributed by atoms with Crippen LogP contribution in [-0.2, 0) is 20.8 Å². The van der Waals surface area contributed by atoms with Gasteiger partial charge in [-0.15, -0.1) is 0 Å². The van der Waals surface area contributed by atoms with Gasteiger partial charge >= 0.3 is 0 Å². The van der Waals surface area contributed by atoms with Crippen LogP contribution in [0.2, 0.25) is 0 Å². The zero-order chi connectivity index (χ0) is 17.6. The summed E-state index contributed by atoms with van der Waals surface area (Å²) in [7, 11) is 3.27. The smallest absolute Gasteiger partial charge is 0.249 e. The maximum absolute atomic E-state index is 12.2. The number of methoxy groups -OCH3 is 2. The Hall–Kier alpha value is -1.70. The molecule has 0 aliphatic carbocycles. The molecule has 3 atom stereocenters. The van der Waals surface area contributed by atoms with Crippen LogP contribution in [-0.4, -0.2) is 68.5 Å². The number of aromatic nitrogens is 1. The molecule has 2 saturated heterocycles. The normalized spacial score (nSPS) is 26.2. The lowest BCUT2D eigenvalue weighted by molar-refractivity contribution is -0.133. The fraction of sp³-hybridized carbons (Fsp3) is 0.667. The molecule has 1 aromatic rings. The van der Waals surface area contributed by atoms with Crippen LogP contribution < -0.4 is 10.1 Å². The van der Waals surface area contributed by atoms with E-state index < -0.39 is 0 Å². The molecule has 0 bridgehead atoms. The van der Waals surface area contributed by atoms with Crippen molar-refractivity contribution >= 4 is 5.91 Å². The van der Waals surface area contributed by atoms with Gasteiger partial charge < -0.3 is 19.5 Å². The van der Waals surface area contributed by atoms with Crippen LogP contribution in [0.1, 0.15) is 18.4 Å². The van der Waals surface area contributed by atoms with Gasteiger partial charge in [-0.1, -0.05) is 6.07 Å². The highest BCUT2D eigenvalue weighted by atomic mass is 16.5. The van der Waals surface area contributed by atoms with Crippen LogP contribution in [0.3, 0.4) is 0 Å². The first-order valence-corrected chi connectivity index (χ1v) is 8.83. The Morgan fingerprint density at radius 3 is 3.16 bits per heavy atom. The van der Waals surface area contributed by atoms with Crippen LogP contribution >= 0.6 is 0 Å². The summed E-state index contributed by atoms with van der Waals surface area (Å²) in [5, 5.41) is 2.87. The molecule has 7 heteroatoms. The van der Waals surface area contributed by atoms with E-state index in [0.29, 0.717) is 24.9 Å². The van der Waals surface area contributed by atoms with E-state index >= 15 is 0 Å². The first-order chi connectivity index (χ1) is 12.2. The van der Waals surface area contributed by atoms with E-state index in [9.17, 15) is 4.79 Å². The molecule has 25 heavy (non-hydrogen) atoms. The van der Waals surface area contributed by atoms with Gasteiger partial charge in [0.2, 0.25) is 11.8 Å². The summed E-state index contributed by atoms with van der Waals surface area (Å²) in [5.41, 5.74) is 1.08. The summed E-state index contributed by atoms with van der Waals surface area (Å²) in [4.78, 5) is 18.8. The summed E-state index contributed by atoms with van der Waals surface area (Å²) >= 11 is 0. The Bertz CT molecular complexity index is 583. The van der Waals surface area contributed by atoms with Gasteiger partial charge in [-0.25, -0.2) is 4.98 Å². The number of rotatable bonds is 7. The summed E-state index contributed by atoms with van der Waals surface area (Å²) in [5.74, 6) is 1.12. The molecule has 3 heterocycles. The second-order valence-corrected chi connectivity index (χ2v) is 6.64. The highest BCUT2D eigenvalue weighted by molar-refractivity contribution is 5.81. The Balaban J connectivity index is 1.52. The van der Waals surface area contributed by atoms with Crippen LogP contribution in [0.4, 0.5) is 0 Å². The average Bonchev–Trinajstić information content (AvgIpc) is 3.06. The van der Waals surface area contributed by atoms with Gasteiger partial charge in [-0.3, -0.25) is 9.69 Å². The van der Waals surface area contributed by atoms with E-state index in [2.05, 4.69) is 15.2 Å². The molecule has 2 aliphatic rings. The average molecular weight is 349 g/mol. The molecule has 2 aliphatic heterocycles. The number of carbonyl (C=O) groups excluding carboxylic acids is 1. The van der Waals surface area contributed by atoms with Crippen LogP contribution in [0, 0.1) is 5.92 Å². The molecular formula is C18H27N3O4. The molecule has 7 nitrogen and oxygen atoms in total. The van der Waals surface area contributed by atoms with E-state index in [1.807, 2.05) is 12.1 Å². The van der Waals surface area contributed by atoms with Crippen molar-refractivity contribution in [3.63, 3.8) is 0 Å². The van der Waals surface area contributed by atoms with Crippen molar-refractivity contribution in [2.75, 3.05) is 40.5 Å². The number of ether oxygens (including phenoxy) is 3. The molecule has 0 saturated carbocycles. The third-order valence-corrected chi connectivity index (χ3v) is 4.97. The van der Waals surface area contributed by atoms with Crippen molar-refractivity contribution in [3.8, 4) is 5.88 Å². The minimum Gasteiger partial charge on any atom is -0.481 e. The quantitative estimate of drug-likeness (QED) is 0.735. The van der Waals surface area contributed by atoms with Crippen LogP contribution in [0.25, 0.3) is 0 Å². The summed E-state index contributed by atoms with van der Waals surface area (Å²) in [6.07, 6.45) is 3.39. The van der Waals surface area contributed by atoms with Gasteiger partial charge in [-0.2, -0.15) is 0 Å². The Morgan fingerprint density at radius 2 is 2.36 bits per heavy atom. The zero-order valence-electron chi connectivity index (χ0n) is 14.9. The molecule has 1 amide bonds. The first-order valence-electron chi connectivity index (χ1n) is 8.83. The minimum atomic E-state index is -0.334. The number of likely N-dealkylation sites (tertiary alicyclic amines) is 1. The SMILES string of the molecule is COCCNC(=O)[C@H]1C[C@@H]2CCN(Cc3cccnc3OC)C[C@@H]2O1. The van der Waals surface area contributed by atoms with Gasteiger partial charge in [0.15, 0.2) is 0 Å². The molecule has 0 aromatic carbocycles. The van der Waals surface area contributed by atoms with E-state index in [1.54, 1.807) is 20.4 Å². The molecule has 1 N–H and O–H groups in total. The van der Waals surface area contributed by atoms with Gasteiger partial charge in [0, 0.05) is 38.5 Å². The van der Waals surface area contributed by atoms with Crippen molar-refractivity contribution < 1.29 is 19.0 Å². The number of hydrogen-bond donors (Lipinski definition) is 1. The van der Waals surface area contributed by atoms with Crippen molar-refractivity contribution in [2.45, 2.75) is 31.6 Å². The molecule has 3 rings (SSSR count). The number of carbonyl (C=O) groups is 1. The molecule has 2 fully saturated rings. The number of hydrogen-bond acceptors (Lipinski definition) is 6. The lowest BCUT2D eigenvalue weighted by Gasteiger charge is -2.34. The van der Waals surface area contributed by atoms with Gasteiger partial charge in [0.25, 0.3) is 0 Å². The second kappa shape index (κ2) is 8.60. The van der Waals surface area contributed by atoms with Crippen molar-refractivity contribution in [1.82, 2.24) is 15.2 Å². The number of piperidine rings is 1. The monoisotopic (exact) mass is 349 g/mol. The molecule has 138 valence electrons. The molecular weight excluding hydrogens is 322 g/mol. The fourth-order valence-corrected chi connectivity index (χ4v) is 3.67. The van der Waals surface area contributed by atoms with Gasteiger partial charge in [0.1, 0.15) is 6.10 Å². The number of pyridine rings is 1. The molecule has 1 aromatic heterocycles. The number of fused-ring (bicyclic) bond motifs is 1. The summed E-state index contributed by atoms with van der Waals surface area (Å²) in [6, 6.07) is 3.97. The fourth-order valence-electron chi connectivity index (χ4n) is 3.67. The van der Waals surface area contributed by atoms with Crippen molar-refractivity contribution in [3.05, 3.63) is 23.9 Å². The van der Waals surface area contributed by atoms with Crippen LogP contribution in [0.15, 0.2) is 18.3 Å². The predicted molar refractivity (Wildman–Crippen MR) is 92.3 cm³/mol. The predicted octanol–water partition coefficient (Wildman–Crippen LogP) is 0.832. The Kier molecular flexibility index (Phi) is 6.23. The van der Waals surface area contributed by atoms with E-state index in [1.165, 1.54) is 0 Å². The lowest BCUT2D eigenvalue weighted by Crippen LogP contribution is -2.42. The Labute approximate surface area is 148 Å². The number of nitrogens with one attached hydrogen (secondary N) is 1. The summed E-state index contributed by atoms with van der Waals surface area (Å²) < 4.78 is 16.3. The molecule has 0 spiro atoms. The second-order valence-electron chi connectivity index (χ2n) is 6.64. The maximum Gasteiger partial charge on any atom is 0.249 e. The third-order valence-electron chi connectivity index (χ3n) is 4.97. The minimum absolute atomic E-state index is 0.0214. The van der Waals surface area contributed by atoms with E-state index in [0.717, 1.165) is 38.0 Å². The lowest BCUT2D eigenvalue weighted by atomic mass is 9.91. The van der Waals surface area contributed by atoms with Crippen molar-refractivity contribution in [1.29, 1.82) is 0 Å². The standard InChI is InChI=1S/C18H27N3O4/c1-23-9-7-19-17(22)15-10-13-5-8-21(12-16(13)25-15)11-14-4-3-6-20-18(14)24-2/h3-4,6,13,15-16H,5,7-12H2,1-2H3,(H,19,22)/t13-,15+,16-/m0/s1. The van der Waals surface area contributed by atoms with Gasteiger partial charge in [-0.05, 0) is 31.4 Å². The maximum atomic E-state index is 12.2. The number of nitrogens with zero attached hydrogens (tertiary/aromatic N) is 2. The molecule has 0 unspecified atom stereocenters. The highest BCUT2D eigenvalue weighted by Crippen LogP contribution is 2.34.